The Balaban J connectivity index is 2.55. The van der Waals surface area contributed by atoms with E-state index >= 15 is 0 Å². The van der Waals surface area contributed by atoms with E-state index in [9.17, 15) is 13.2 Å². The van der Waals surface area contributed by atoms with Crippen LogP contribution in [0.3, 0.4) is 0 Å². The van der Waals surface area contributed by atoms with E-state index < -0.39 is 14.2 Å². The maximum atomic E-state index is 11.4. The van der Waals surface area contributed by atoms with Gasteiger partial charge in [-0.2, -0.15) is 5.10 Å². The highest BCUT2D eigenvalue weighted by molar-refractivity contribution is 8.13. The van der Waals surface area contributed by atoms with Crippen LogP contribution in [0.25, 0.3) is 11.5 Å². The third kappa shape index (κ3) is 3.03. The molecule has 0 spiro atoms. The number of hydrogen-bond donors (Lipinski definition) is 1. The second kappa shape index (κ2) is 5.69. The molecule has 0 unspecified atom stereocenters. The molecular formula is C9H10ClN5O4S. The van der Waals surface area contributed by atoms with Gasteiger partial charge in [-0.05, 0) is 6.07 Å². The minimum Gasteiger partial charge on any atom is -0.383 e. The largest absolute Gasteiger partial charge is 0.383 e. The standard InChI is InChI=1S/C9H10ClN5O4S/c1-19-5-4-15-8(6-2-3-7(16)12-11-6)13-14-9(15)20(10,17)18/h2-3H,4-5H2,1H3,(H,12,16). The molecule has 0 aliphatic rings. The van der Waals surface area contributed by atoms with Gasteiger partial charge in [0.1, 0.15) is 5.69 Å². The molecule has 1 N–H and O–H groups in total. The Labute approximate surface area is 118 Å². The summed E-state index contributed by atoms with van der Waals surface area (Å²) in [4.78, 5) is 11.0. The van der Waals surface area contributed by atoms with Crippen molar-refractivity contribution in [2.45, 2.75) is 11.7 Å². The Morgan fingerprint density at radius 1 is 1.40 bits per heavy atom. The summed E-state index contributed by atoms with van der Waals surface area (Å²) in [5.41, 5.74) is -0.123. The lowest BCUT2D eigenvalue weighted by atomic mass is 10.3. The molecule has 108 valence electrons. The smallest absolute Gasteiger partial charge is 0.296 e. The molecule has 2 aromatic rings. The highest BCUT2D eigenvalue weighted by Gasteiger charge is 2.23. The molecule has 0 saturated heterocycles. The molecular weight excluding hydrogens is 310 g/mol. The number of methoxy groups -OCH3 is 1. The van der Waals surface area contributed by atoms with Crippen LogP contribution in [0.4, 0.5) is 0 Å². The summed E-state index contributed by atoms with van der Waals surface area (Å²) in [7, 11) is 2.71. The van der Waals surface area contributed by atoms with Gasteiger partial charge in [0.15, 0.2) is 5.82 Å². The number of aromatic nitrogens is 5. The van der Waals surface area contributed by atoms with E-state index in [2.05, 4.69) is 20.4 Å². The number of nitrogens with one attached hydrogen (secondary N) is 1. The Hall–Kier alpha value is -1.78. The zero-order valence-electron chi connectivity index (χ0n) is 10.3. The molecule has 2 aromatic heterocycles. The van der Waals surface area contributed by atoms with Crippen LogP contribution in [0.2, 0.25) is 0 Å². The lowest BCUT2D eigenvalue weighted by molar-refractivity contribution is 0.185. The highest BCUT2D eigenvalue weighted by Crippen LogP contribution is 2.19. The summed E-state index contributed by atoms with van der Waals surface area (Å²) in [5.74, 6) is 0.164. The fourth-order valence-corrected chi connectivity index (χ4v) is 2.43. The predicted molar refractivity (Wildman–Crippen MR) is 68.8 cm³/mol. The lowest BCUT2D eigenvalue weighted by Crippen LogP contribution is -2.13. The van der Waals surface area contributed by atoms with Gasteiger partial charge in [-0.15, -0.1) is 10.2 Å². The Morgan fingerprint density at radius 3 is 2.70 bits per heavy atom. The molecule has 0 bridgehead atoms. The van der Waals surface area contributed by atoms with Crippen molar-refractivity contribution in [3.8, 4) is 11.5 Å². The van der Waals surface area contributed by atoms with Gasteiger partial charge in [0, 0.05) is 23.9 Å². The summed E-state index contributed by atoms with van der Waals surface area (Å²) < 4.78 is 29.0. The van der Waals surface area contributed by atoms with Crippen molar-refractivity contribution < 1.29 is 13.2 Å². The van der Waals surface area contributed by atoms with Gasteiger partial charge in [0.2, 0.25) is 0 Å². The van der Waals surface area contributed by atoms with Crippen LogP contribution in [-0.4, -0.2) is 47.1 Å². The van der Waals surface area contributed by atoms with E-state index in [0.29, 0.717) is 0 Å². The minimum absolute atomic E-state index is 0.164. The van der Waals surface area contributed by atoms with E-state index in [4.69, 9.17) is 15.4 Å². The van der Waals surface area contributed by atoms with Gasteiger partial charge in [-0.25, -0.2) is 13.5 Å². The second-order valence-corrected chi connectivity index (χ2v) is 6.15. The van der Waals surface area contributed by atoms with Crippen molar-refractivity contribution in [2.24, 2.45) is 0 Å². The van der Waals surface area contributed by atoms with Gasteiger partial charge in [0.25, 0.3) is 19.8 Å². The number of ether oxygens (including phenoxy) is 1. The highest BCUT2D eigenvalue weighted by atomic mass is 35.7. The summed E-state index contributed by atoms with van der Waals surface area (Å²) in [5, 5.41) is 12.9. The van der Waals surface area contributed by atoms with Crippen LogP contribution in [0, 0.1) is 0 Å². The van der Waals surface area contributed by atoms with Gasteiger partial charge in [-0.1, -0.05) is 0 Å². The molecule has 20 heavy (non-hydrogen) atoms. The third-order valence-corrected chi connectivity index (χ3v) is 3.51. The first-order chi connectivity index (χ1) is 9.43. The van der Waals surface area contributed by atoms with Crippen LogP contribution in [-0.2, 0) is 20.3 Å². The summed E-state index contributed by atoms with van der Waals surface area (Å²) >= 11 is 0. The van der Waals surface area contributed by atoms with Gasteiger partial charge in [0.05, 0.1) is 13.2 Å². The topological polar surface area (TPSA) is 120 Å². The monoisotopic (exact) mass is 319 g/mol. The Morgan fingerprint density at radius 2 is 2.15 bits per heavy atom. The molecule has 0 aromatic carbocycles. The number of aromatic amines is 1. The molecule has 9 nitrogen and oxygen atoms in total. The van der Waals surface area contributed by atoms with Crippen molar-refractivity contribution in [1.29, 1.82) is 0 Å². The third-order valence-electron chi connectivity index (χ3n) is 2.36. The van der Waals surface area contributed by atoms with E-state index in [-0.39, 0.29) is 30.2 Å². The van der Waals surface area contributed by atoms with E-state index in [1.54, 1.807) is 0 Å². The zero-order valence-corrected chi connectivity index (χ0v) is 11.8. The van der Waals surface area contributed by atoms with Gasteiger partial charge < -0.3 is 4.74 Å². The number of H-pyrrole nitrogens is 1. The van der Waals surface area contributed by atoms with E-state index in [1.165, 1.54) is 23.8 Å². The first kappa shape index (κ1) is 14.6. The number of rotatable bonds is 5. The molecule has 0 fully saturated rings. The van der Waals surface area contributed by atoms with Gasteiger partial charge in [-0.3, -0.25) is 9.36 Å². The molecule has 0 radical (unpaired) electrons. The second-order valence-electron chi connectivity index (χ2n) is 3.69. The normalized spacial score (nSPS) is 11.7. The fourth-order valence-electron chi connectivity index (χ4n) is 1.51. The molecule has 0 aliphatic heterocycles. The molecule has 0 amide bonds. The lowest BCUT2D eigenvalue weighted by Gasteiger charge is -2.07. The summed E-state index contributed by atoms with van der Waals surface area (Å²) in [6.45, 7) is 0.398. The van der Waals surface area contributed by atoms with Crippen LogP contribution in [0.15, 0.2) is 22.1 Å². The molecule has 11 heteroatoms. The van der Waals surface area contributed by atoms with Crippen molar-refractivity contribution in [3.05, 3.63) is 22.5 Å². The van der Waals surface area contributed by atoms with E-state index in [0.717, 1.165) is 0 Å². The molecule has 2 rings (SSSR count). The number of halogens is 1. The quantitative estimate of drug-likeness (QED) is 0.744. The fraction of sp³-hybridized carbons (Fsp3) is 0.333. The minimum atomic E-state index is -4.05. The number of hydrogen-bond acceptors (Lipinski definition) is 7. The Kier molecular flexibility index (Phi) is 4.16. The Bertz CT molecular complexity index is 748. The van der Waals surface area contributed by atoms with Crippen molar-refractivity contribution >= 4 is 19.7 Å². The van der Waals surface area contributed by atoms with Crippen molar-refractivity contribution in [3.63, 3.8) is 0 Å². The first-order valence-electron chi connectivity index (χ1n) is 5.36. The van der Waals surface area contributed by atoms with Crippen LogP contribution < -0.4 is 5.56 Å². The first-order valence-corrected chi connectivity index (χ1v) is 7.67. The average molecular weight is 320 g/mol. The SMILES string of the molecule is COCCn1c(-c2ccc(=O)[nH]n2)nnc1S(=O)(=O)Cl. The maximum absolute atomic E-state index is 11.4. The van der Waals surface area contributed by atoms with Gasteiger partial charge >= 0.3 is 0 Å². The van der Waals surface area contributed by atoms with Crippen LogP contribution in [0.5, 0.6) is 0 Å². The predicted octanol–water partition coefficient (Wildman–Crippen LogP) is -0.398. The molecule has 0 saturated carbocycles. The summed E-state index contributed by atoms with van der Waals surface area (Å²) in [6.07, 6.45) is 0. The zero-order chi connectivity index (χ0) is 14.8. The van der Waals surface area contributed by atoms with Crippen LogP contribution >= 0.6 is 10.7 Å². The molecule has 0 aliphatic carbocycles. The summed E-state index contributed by atoms with van der Waals surface area (Å²) in [6, 6.07) is 2.64. The van der Waals surface area contributed by atoms with Crippen molar-refractivity contribution in [1.82, 2.24) is 25.0 Å². The average Bonchev–Trinajstić information content (AvgIpc) is 2.81. The maximum Gasteiger partial charge on any atom is 0.296 e. The number of nitrogens with zero attached hydrogens (tertiary/aromatic N) is 4. The molecule has 2 heterocycles. The van der Waals surface area contributed by atoms with Crippen LogP contribution in [0.1, 0.15) is 0 Å². The van der Waals surface area contributed by atoms with Crippen molar-refractivity contribution in [2.75, 3.05) is 13.7 Å². The molecule has 0 atom stereocenters. The van der Waals surface area contributed by atoms with E-state index in [1.807, 2.05) is 0 Å².